The Bertz CT molecular complexity index is 1070. The summed E-state index contributed by atoms with van der Waals surface area (Å²) in [6.45, 7) is 9.01. The first kappa shape index (κ1) is 21.1. The standard InChI is InChI=1S/C24H26ClN5O/c1-16-14-18(3)21(15-17(16)2)22-8-9-23(28-27-22)29-10-12-30(13-11-29)24(31)26-20-6-4-19(25)5-7-20/h4-9,14-15H,10-13H2,1-3H3,(H,26,31). The van der Waals surface area contributed by atoms with Crippen molar-refractivity contribution in [1.82, 2.24) is 15.1 Å². The molecule has 0 spiro atoms. The van der Waals surface area contributed by atoms with Gasteiger partial charge in [-0.05, 0) is 79.9 Å². The van der Waals surface area contributed by atoms with Crippen LogP contribution >= 0.6 is 11.6 Å². The molecule has 2 aromatic carbocycles. The summed E-state index contributed by atoms with van der Waals surface area (Å²) in [5.74, 6) is 0.836. The maximum absolute atomic E-state index is 12.5. The third-order valence-corrected chi connectivity index (χ3v) is 6.01. The number of halogens is 1. The highest BCUT2D eigenvalue weighted by atomic mass is 35.5. The van der Waals surface area contributed by atoms with E-state index in [0.29, 0.717) is 31.2 Å². The zero-order chi connectivity index (χ0) is 22.0. The Balaban J connectivity index is 1.37. The number of benzene rings is 2. The maximum Gasteiger partial charge on any atom is 0.321 e. The molecular formula is C24H26ClN5O. The van der Waals surface area contributed by atoms with Crippen LogP contribution in [0.25, 0.3) is 11.3 Å². The van der Waals surface area contributed by atoms with E-state index in [4.69, 9.17) is 11.6 Å². The van der Waals surface area contributed by atoms with Crippen LogP contribution < -0.4 is 10.2 Å². The zero-order valence-corrected chi connectivity index (χ0v) is 18.8. The van der Waals surface area contributed by atoms with Crippen LogP contribution in [0.15, 0.2) is 48.5 Å². The predicted octanol–water partition coefficient (Wildman–Crippen LogP) is 5.08. The zero-order valence-electron chi connectivity index (χ0n) is 18.0. The first-order valence-electron chi connectivity index (χ1n) is 10.4. The molecule has 1 fully saturated rings. The summed E-state index contributed by atoms with van der Waals surface area (Å²) in [4.78, 5) is 16.5. The molecule has 1 saturated heterocycles. The molecule has 1 aromatic heterocycles. The molecule has 31 heavy (non-hydrogen) atoms. The largest absolute Gasteiger partial charge is 0.352 e. The normalized spacial score (nSPS) is 13.9. The average molecular weight is 436 g/mol. The third kappa shape index (κ3) is 4.80. The number of nitrogens with zero attached hydrogens (tertiary/aromatic N) is 4. The summed E-state index contributed by atoms with van der Waals surface area (Å²) in [5.41, 5.74) is 6.46. The summed E-state index contributed by atoms with van der Waals surface area (Å²) >= 11 is 5.90. The van der Waals surface area contributed by atoms with E-state index in [0.717, 1.165) is 22.8 Å². The molecule has 0 unspecified atom stereocenters. The van der Waals surface area contributed by atoms with E-state index in [9.17, 15) is 4.79 Å². The molecule has 7 heteroatoms. The lowest BCUT2D eigenvalue weighted by Crippen LogP contribution is -2.50. The molecular weight excluding hydrogens is 410 g/mol. The highest BCUT2D eigenvalue weighted by molar-refractivity contribution is 6.30. The van der Waals surface area contributed by atoms with E-state index >= 15 is 0 Å². The van der Waals surface area contributed by atoms with Gasteiger partial charge in [0.1, 0.15) is 0 Å². The number of nitrogens with one attached hydrogen (secondary N) is 1. The van der Waals surface area contributed by atoms with Crippen LogP contribution in [-0.4, -0.2) is 47.3 Å². The fourth-order valence-electron chi connectivity index (χ4n) is 3.75. The first-order chi connectivity index (χ1) is 14.9. The molecule has 0 radical (unpaired) electrons. The van der Waals surface area contributed by atoms with Gasteiger partial charge in [0.15, 0.2) is 5.82 Å². The quantitative estimate of drug-likeness (QED) is 0.623. The van der Waals surface area contributed by atoms with Gasteiger partial charge >= 0.3 is 6.03 Å². The smallest absolute Gasteiger partial charge is 0.321 e. The van der Waals surface area contributed by atoms with Crippen LogP contribution in [0.4, 0.5) is 16.3 Å². The van der Waals surface area contributed by atoms with Crippen molar-refractivity contribution in [3.05, 3.63) is 70.2 Å². The van der Waals surface area contributed by atoms with Crippen molar-refractivity contribution in [1.29, 1.82) is 0 Å². The molecule has 1 aliphatic rings. The highest BCUT2D eigenvalue weighted by Gasteiger charge is 2.22. The number of aromatic nitrogens is 2. The second-order valence-electron chi connectivity index (χ2n) is 7.94. The van der Waals surface area contributed by atoms with Crippen LogP contribution in [0.3, 0.4) is 0 Å². The Kier molecular flexibility index (Phi) is 6.09. The van der Waals surface area contributed by atoms with Gasteiger partial charge < -0.3 is 15.1 Å². The number of piperazine rings is 1. The van der Waals surface area contributed by atoms with Gasteiger partial charge in [0.05, 0.1) is 5.69 Å². The number of amides is 2. The topological polar surface area (TPSA) is 61.4 Å². The fraction of sp³-hybridized carbons (Fsp3) is 0.292. The molecule has 1 N–H and O–H groups in total. The second kappa shape index (κ2) is 8.94. The van der Waals surface area contributed by atoms with E-state index in [-0.39, 0.29) is 6.03 Å². The van der Waals surface area contributed by atoms with Crippen molar-refractivity contribution in [2.24, 2.45) is 0 Å². The lowest BCUT2D eigenvalue weighted by atomic mass is 9.99. The molecule has 0 aliphatic carbocycles. The number of aryl methyl sites for hydroxylation is 3. The van der Waals surface area contributed by atoms with Crippen LogP contribution in [0.2, 0.25) is 5.02 Å². The van der Waals surface area contributed by atoms with Crippen LogP contribution in [0.5, 0.6) is 0 Å². The number of urea groups is 1. The number of carbonyl (C=O) groups excluding carboxylic acids is 1. The Morgan fingerprint density at radius 3 is 2.19 bits per heavy atom. The third-order valence-electron chi connectivity index (χ3n) is 5.75. The van der Waals surface area contributed by atoms with Crippen LogP contribution in [0.1, 0.15) is 16.7 Å². The molecule has 2 heterocycles. The maximum atomic E-state index is 12.5. The number of rotatable bonds is 3. The molecule has 0 atom stereocenters. The van der Waals surface area contributed by atoms with Crippen molar-refractivity contribution in [2.75, 3.05) is 36.4 Å². The van der Waals surface area contributed by atoms with Gasteiger partial charge in [0, 0.05) is 42.5 Å². The van der Waals surface area contributed by atoms with Gasteiger partial charge in [-0.3, -0.25) is 0 Å². The van der Waals surface area contributed by atoms with E-state index in [2.05, 4.69) is 53.3 Å². The minimum atomic E-state index is -0.103. The van der Waals surface area contributed by atoms with Crippen LogP contribution in [-0.2, 0) is 0 Å². The molecule has 160 valence electrons. The van der Waals surface area contributed by atoms with Gasteiger partial charge in [0.2, 0.25) is 0 Å². The summed E-state index contributed by atoms with van der Waals surface area (Å²) in [6.07, 6.45) is 0. The fourth-order valence-corrected chi connectivity index (χ4v) is 3.87. The minimum Gasteiger partial charge on any atom is -0.352 e. The van der Waals surface area contributed by atoms with E-state index in [1.807, 2.05) is 17.0 Å². The molecule has 2 amide bonds. The Labute approximate surface area is 187 Å². The van der Waals surface area contributed by atoms with Gasteiger partial charge in [0.25, 0.3) is 0 Å². The van der Waals surface area contributed by atoms with Gasteiger partial charge in [-0.25, -0.2) is 4.79 Å². The number of carbonyl (C=O) groups is 1. The minimum absolute atomic E-state index is 0.103. The molecule has 4 rings (SSSR count). The van der Waals surface area contributed by atoms with Crippen molar-refractivity contribution < 1.29 is 4.79 Å². The Morgan fingerprint density at radius 2 is 1.55 bits per heavy atom. The number of anilines is 2. The van der Waals surface area contributed by atoms with Gasteiger partial charge in [-0.1, -0.05) is 17.7 Å². The summed E-state index contributed by atoms with van der Waals surface area (Å²) in [5, 5.41) is 12.5. The second-order valence-corrected chi connectivity index (χ2v) is 8.38. The average Bonchev–Trinajstić information content (AvgIpc) is 2.78. The monoisotopic (exact) mass is 435 g/mol. The Morgan fingerprint density at radius 1 is 0.871 bits per heavy atom. The van der Waals surface area contributed by atoms with E-state index < -0.39 is 0 Å². The molecule has 0 bridgehead atoms. The summed E-state index contributed by atoms with van der Waals surface area (Å²) in [7, 11) is 0. The lowest BCUT2D eigenvalue weighted by molar-refractivity contribution is 0.208. The van der Waals surface area contributed by atoms with E-state index in [1.54, 1.807) is 24.3 Å². The van der Waals surface area contributed by atoms with Crippen molar-refractivity contribution in [2.45, 2.75) is 20.8 Å². The number of hydrogen-bond donors (Lipinski definition) is 1. The first-order valence-corrected chi connectivity index (χ1v) is 10.8. The van der Waals surface area contributed by atoms with Gasteiger partial charge in [-0.15, -0.1) is 10.2 Å². The van der Waals surface area contributed by atoms with Crippen LogP contribution in [0, 0.1) is 20.8 Å². The highest BCUT2D eigenvalue weighted by Crippen LogP contribution is 2.25. The Hall–Kier alpha value is -3.12. The summed E-state index contributed by atoms with van der Waals surface area (Å²) in [6, 6.07) is 15.4. The van der Waals surface area contributed by atoms with E-state index in [1.165, 1.54) is 16.7 Å². The molecule has 6 nitrogen and oxygen atoms in total. The molecule has 1 aliphatic heterocycles. The molecule has 3 aromatic rings. The lowest BCUT2D eigenvalue weighted by Gasteiger charge is -2.35. The number of hydrogen-bond acceptors (Lipinski definition) is 4. The van der Waals surface area contributed by atoms with Crippen molar-refractivity contribution in [3.63, 3.8) is 0 Å². The molecule has 0 saturated carbocycles. The predicted molar refractivity (Wildman–Crippen MR) is 126 cm³/mol. The van der Waals surface area contributed by atoms with Crippen molar-refractivity contribution in [3.8, 4) is 11.3 Å². The summed E-state index contributed by atoms with van der Waals surface area (Å²) < 4.78 is 0. The SMILES string of the molecule is Cc1cc(C)c(-c2ccc(N3CCN(C(=O)Nc4ccc(Cl)cc4)CC3)nn2)cc1C. The van der Waals surface area contributed by atoms with Crippen molar-refractivity contribution >= 4 is 29.1 Å². The van der Waals surface area contributed by atoms with Gasteiger partial charge in [-0.2, -0.15) is 0 Å².